The van der Waals surface area contributed by atoms with E-state index in [0.29, 0.717) is 38.6 Å². The van der Waals surface area contributed by atoms with Crippen molar-refractivity contribution >= 4 is 33.8 Å². The zero-order chi connectivity index (χ0) is 30.7. The number of nitrogens with zero attached hydrogens (tertiary/aromatic N) is 1. The molecule has 0 spiro atoms. The summed E-state index contributed by atoms with van der Waals surface area (Å²) in [4.78, 5) is 54.4. The van der Waals surface area contributed by atoms with Crippen LogP contribution in [0.5, 0.6) is 0 Å². The van der Waals surface area contributed by atoms with E-state index in [1.54, 1.807) is 20.8 Å². The highest BCUT2D eigenvalue weighted by Crippen LogP contribution is 2.45. The van der Waals surface area contributed by atoms with E-state index in [1.165, 1.54) is 4.90 Å². The minimum atomic E-state index is -4.34. The molecule has 4 rings (SSSR count). The van der Waals surface area contributed by atoms with Crippen LogP contribution in [0.2, 0.25) is 0 Å². The lowest BCUT2D eigenvalue weighted by atomic mass is 10.0. The number of halogens is 1. The second-order valence-electron chi connectivity index (χ2n) is 12.1. The molecule has 2 heterocycles. The largest absolute Gasteiger partial charge is 0.444 e. The molecule has 11 nitrogen and oxygen atoms in total. The first-order valence-corrected chi connectivity index (χ1v) is 15.8. The second kappa shape index (κ2) is 12.4. The van der Waals surface area contributed by atoms with Crippen LogP contribution in [0.15, 0.2) is 41.3 Å². The zero-order valence-electron chi connectivity index (χ0n) is 24.2. The van der Waals surface area contributed by atoms with Gasteiger partial charge in [0.2, 0.25) is 11.8 Å². The number of carbonyl (C=O) groups is 4. The number of allylic oxidation sites excluding steroid dienone is 1. The normalized spacial score (nSPS) is 27.0. The summed E-state index contributed by atoms with van der Waals surface area (Å²) in [6, 6.07) is 2.26. The van der Waals surface area contributed by atoms with Crippen LogP contribution in [-0.2, 0) is 29.1 Å². The maximum Gasteiger partial charge on any atom is 0.408 e. The van der Waals surface area contributed by atoms with Crippen LogP contribution in [0.25, 0.3) is 0 Å². The highest BCUT2D eigenvalue weighted by molar-refractivity contribution is 7.90. The first kappa shape index (κ1) is 31.5. The van der Waals surface area contributed by atoms with Crippen molar-refractivity contribution in [2.45, 2.75) is 100 Å². The minimum Gasteiger partial charge on any atom is -0.444 e. The molecule has 1 aromatic rings. The molecule has 0 radical (unpaired) electrons. The van der Waals surface area contributed by atoms with E-state index in [2.05, 4.69) is 10.6 Å². The third kappa shape index (κ3) is 7.47. The maximum absolute atomic E-state index is 13.7. The molecular formula is C29H39FN4O7S. The molecule has 42 heavy (non-hydrogen) atoms. The summed E-state index contributed by atoms with van der Waals surface area (Å²) in [6.07, 6.45) is 7.40. The van der Waals surface area contributed by atoms with Gasteiger partial charge in [0.05, 0.1) is 4.90 Å². The topological polar surface area (TPSA) is 151 Å². The highest BCUT2D eigenvalue weighted by Gasteiger charge is 2.61. The van der Waals surface area contributed by atoms with Crippen molar-refractivity contribution in [3.63, 3.8) is 0 Å². The molecule has 1 aromatic carbocycles. The fourth-order valence-corrected chi connectivity index (χ4v) is 6.47. The SMILES string of the molecule is CC(C)(C)OC(=O)N[C@H]1CCCCCC=C[C@@H]2C[C@@]2(C(=O)NS(=O)(=O)c2ccc(F)cc2)NC(=O)[C@@H]2CCCN2C1=O. The molecule has 0 bridgehead atoms. The summed E-state index contributed by atoms with van der Waals surface area (Å²) in [5.41, 5.74) is -2.28. The third-order valence-corrected chi connectivity index (χ3v) is 9.02. The van der Waals surface area contributed by atoms with E-state index < -0.39 is 68.8 Å². The van der Waals surface area contributed by atoms with Crippen LogP contribution in [0.1, 0.15) is 72.1 Å². The van der Waals surface area contributed by atoms with Crippen molar-refractivity contribution in [3.05, 3.63) is 42.2 Å². The Labute approximate surface area is 245 Å². The van der Waals surface area contributed by atoms with Gasteiger partial charge in [-0.1, -0.05) is 25.0 Å². The van der Waals surface area contributed by atoms with E-state index in [9.17, 15) is 32.0 Å². The molecule has 3 aliphatic rings. The van der Waals surface area contributed by atoms with Gasteiger partial charge in [0.1, 0.15) is 29.0 Å². The molecule has 2 aliphatic heterocycles. The molecule has 0 aromatic heterocycles. The van der Waals surface area contributed by atoms with Gasteiger partial charge in [0, 0.05) is 12.5 Å². The molecule has 0 unspecified atom stereocenters. The summed E-state index contributed by atoms with van der Waals surface area (Å²) >= 11 is 0. The Balaban J connectivity index is 1.56. The number of rotatable bonds is 4. The number of hydrogen-bond acceptors (Lipinski definition) is 7. The number of sulfonamides is 1. The van der Waals surface area contributed by atoms with Crippen molar-refractivity contribution in [2.24, 2.45) is 5.92 Å². The quantitative estimate of drug-likeness (QED) is 0.446. The minimum absolute atomic E-state index is 0.184. The van der Waals surface area contributed by atoms with Crippen LogP contribution in [-0.4, -0.2) is 66.9 Å². The zero-order valence-corrected chi connectivity index (χ0v) is 25.0. The Morgan fingerprint density at radius 3 is 2.48 bits per heavy atom. The van der Waals surface area contributed by atoms with Gasteiger partial charge < -0.3 is 20.3 Å². The summed E-state index contributed by atoms with van der Waals surface area (Å²) < 4.78 is 46.5. The molecule has 4 amide bonds. The number of carbonyl (C=O) groups excluding carboxylic acids is 4. The van der Waals surface area contributed by atoms with Gasteiger partial charge >= 0.3 is 6.09 Å². The Morgan fingerprint density at radius 1 is 1.07 bits per heavy atom. The van der Waals surface area contributed by atoms with Crippen LogP contribution in [0.4, 0.5) is 9.18 Å². The standard InChI is InChI=1S/C29H39FN4O7S/c1-28(2,3)41-27(38)31-22-11-8-6-4-5-7-10-19-18-29(19,32-24(35)23-12-9-17-34(23)25(22)36)26(37)33-42(39,40)21-15-13-20(30)14-16-21/h7,10,13-16,19,22-23H,4-6,8-9,11-12,17-18H2,1-3H3,(H,31,38)(H,32,35)(H,33,37)/t19-,22+,23+,29-/m1/s1. The highest BCUT2D eigenvalue weighted by atomic mass is 32.2. The second-order valence-corrected chi connectivity index (χ2v) is 13.8. The maximum atomic E-state index is 13.7. The number of benzene rings is 1. The Bertz CT molecular complexity index is 1340. The molecular weight excluding hydrogens is 567 g/mol. The average Bonchev–Trinajstić information content (AvgIpc) is 3.35. The monoisotopic (exact) mass is 606 g/mol. The van der Waals surface area contributed by atoms with E-state index in [0.717, 1.165) is 37.1 Å². The van der Waals surface area contributed by atoms with Crippen molar-refractivity contribution in [2.75, 3.05) is 6.54 Å². The van der Waals surface area contributed by atoms with Gasteiger partial charge in [0.15, 0.2) is 0 Å². The molecule has 2 fully saturated rings. The van der Waals surface area contributed by atoms with Crippen molar-refractivity contribution < 1.29 is 36.7 Å². The van der Waals surface area contributed by atoms with Crippen LogP contribution < -0.4 is 15.4 Å². The number of hydrogen-bond donors (Lipinski definition) is 3. The van der Waals surface area contributed by atoms with Gasteiger partial charge in [0.25, 0.3) is 15.9 Å². The lowest BCUT2D eigenvalue weighted by Gasteiger charge is -2.30. The van der Waals surface area contributed by atoms with Gasteiger partial charge in [-0.25, -0.2) is 22.3 Å². The number of amides is 4. The molecule has 13 heteroatoms. The summed E-state index contributed by atoms with van der Waals surface area (Å²) in [7, 11) is -4.34. The molecule has 230 valence electrons. The van der Waals surface area contributed by atoms with E-state index in [4.69, 9.17) is 4.74 Å². The van der Waals surface area contributed by atoms with Crippen LogP contribution in [0.3, 0.4) is 0 Å². The van der Waals surface area contributed by atoms with E-state index in [-0.39, 0.29) is 11.3 Å². The number of fused-ring (bicyclic) bond motifs is 2. The van der Waals surface area contributed by atoms with Gasteiger partial charge in [-0.05, 0) is 83.6 Å². The smallest absolute Gasteiger partial charge is 0.408 e. The van der Waals surface area contributed by atoms with Gasteiger partial charge in [-0.3, -0.25) is 14.4 Å². The Hall–Kier alpha value is -3.48. The van der Waals surface area contributed by atoms with E-state index >= 15 is 0 Å². The number of nitrogens with one attached hydrogen (secondary N) is 3. The molecule has 1 saturated heterocycles. The molecule has 3 N–H and O–H groups in total. The predicted octanol–water partition coefficient (Wildman–Crippen LogP) is 2.91. The predicted molar refractivity (Wildman–Crippen MR) is 151 cm³/mol. The van der Waals surface area contributed by atoms with Crippen molar-refractivity contribution in [1.29, 1.82) is 0 Å². The molecule has 1 saturated carbocycles. The summed E-state index contributed by atoms with van der Waals surface area (Å²) in [6.45, 7) is 5.47. The molecule has 1 aliphatic carbocycles. The van der Waals surface area contributed by atoms with Crippen molar-refractivity contribution in [3.8, 4) is 0 Å². The average molecular weight is 607 g/mol. The van der Waals surface area contributed by atoms with E-state index in [1.807, 2.05) is 16.9 Å². The van der Waals surface area contributed by atoms with Crippen molar-refractivity contribution in [1.82, 2.24) is 20.3 Å². The van der Waals surface area contributed by atoms with Gasteiger partial charge in [-0.15, -0.1) is 0 Å². The summed E-state index contributed by atoms with van der Waals surface area (Å²) in [5, 5.41) is 5.45. The lowest BCUT2D eigenvalue weighted by molar-refractivity contribution is -0.141. The van der Waals surface area contributed by atoms with Crippen LogP contribution in [0, 0.1) is 11.7 Å². The van der Waals surface area contributed by atoms with Crippen LogP contribution >= 0.6 is 0 Å². The van der Waals surface area contributed by atoms with Gasteiger partial charge in [-0.2, -0.15) is 0 Å². The molecule has 4 atom stereocenters. The summed E-state index contributed by atoms with van der Waals surface area (Å²) in [5.74, 6) is -2.95. The fourth-order valence-electron chi connectivity index (χ4n) is 5.43. The number of alkyl carbamates (subject to hydrolysis) is 1. The number of ether oxygens (including phenoxy) is 1. The Morgan fingerprint density at radius 2 is 1.79 bits per heavy atom. The third-order valence-electron chi connectivity index (χ3n) is 7.68. The first-order chi connectivity index (χ1) is 19.7. The fraction of sp³-hybridized carbons (Fsp3) is 0.586. The Kier molecular flexibility index (Phi) is 9.29. The lowest BCUT2D eigenvalue weighted by Crippen LogP contribution is -2.58. The first-order valence-electron chi connectivity index (χ1n) is 14.3.